The van der Waals surface area contributed by atoms with Crippen LogP contribution in [-0.4, -0.2) is 9.97 Å². The topological polar surface area (TPSA) is 25.8 Å². The Morgan fingerprint density at radius 2 is 1.21 bits per heavy atom. The summed E-state index contributed by atoms with van der Waals surface area (Å²) in [5.74, 6) is 0. The minimum atomic E-state index is 0.951. The summed E-state index contributed by atoms with van der Waals surface area (Å²) in [5, 5.41) is 5.14. The number of fused-ring (bicyclic) bond motifs is 3. The molecule has 0 saturated heterocycles. The molecule has 2 aromatic heterocycles. The van der Waals surface area contributed by atoms with Crippen LogP contribution >= 0.6 is 0 Å². The SMILES string of the molecule is Cc1cc(-c2cccc(-c3ccncc3)n2)ccc1-c1c2ccccc2c(-c2ccc3c(c2)CCC=C3)c2ccccc12. The first-order valence-electron chi connectivity index (χ1n) is 15.0. The first-order chi connectivity index (χ1) is 21.2. The van der Waals surface area contributed by atoms with Crippen LogP contribution in [0, 0.1) is 6.92 Å². The number of allylic oxidation sites excluding steroid dienone is 1. The maximum Gasteiger partial charge on any atom is 0.0710 e. The van der Waals surface area contributed by atoms with E-state index in [9.17, 15) is 0 Å². The maximum atomic E-state index is 5.00. The van der Waals surface area contributed by atoms with Gasteiger partial charge in [0, 0.05) is 23.5 Å². The predicted octanol–water partition coefficient (Wildman–Crippen LogP) is 10.7. The smallest absolute Gasteiger partial charge is 0.0710 e. The normalized spacial score (nSPS) is 12.5. The van der Waals surface area contributed by atoms with Gasteiger partial charge in [-0.2, -0.15) is 0 Å². The fraction of sp³-hybridized carbons (Fsp3) is 0.0732. The van der Waals surface area contributed by atoms with Crippen molar-refractivity contribution in [1.29, 1.82) is 0 Å². The van der Waals surface area contributed by atoms with Crippen molar-refractivity contribution in [1.82, 2.24) is 9.97 Å². The number of hydrogen-bond donors (Lipinski definition) is 0. The summed E-state index contributed by atoms with van der Waals surface area (Å²) in [6.45, 7) is 2.22. The monoisotopic (exact) mass is 550 g/mol. The van der Waals surface area contributed by atoms with Crippen molar-refractivity contribution in [2.75, 3.05) is 0 Å². The number of rotatable bonds is 4. The lowest BCUT2D eigenvalue weighted by molar-refractivity contribution is 0.986. The van der Waals surface area contributed by atoms with E-state index in [0.717, 1.165) is 35.4 Å². The highest BCUT2D eigenvalue weighted by molar-refractivity contribution is 6.21. The second kappa shape index (κ2) is 10.5. The van der Waals surface area contributed by atoms with Crippen molar-refractivity contribution in [3.05, 3.63) is 150 Å². The molecule has 0 fully saturated rings. The predicted molar refractivity (Wildman–Crippen MR) is 181 cm³/mol. The number of benzene rings is 5. The highest BCUT2D eigenvalue weighted by Crippen LogP contribution is 2.45. The van der Waals surface area contributed by atoms with Crippen LogP contribution in [-0.2, 0) is 6.42 Å². The van der Waals surface area contributed by atoms with Crippen molar-refractivity contribution in [3.63, 3.8) is 0 Å². The largest absolute Gasteiger partial charge is 0.265 e. The zero-order valence-electron chi connectivity index (χ0n) is 24.1. The molecule has 5 aromatic carbocycles. The van der Waals surface area contributed by atoms with Gasteiger partial charge < -0.3 is 0 Å². The molecule has 2 heteroatoms. The van der Waals surface area contributed by atoms with Crippen LogP contribution in [0.25, 0.3) is 72.4 Å². The van der Waals surface area contributed by atoms with Crippen molar-refractivity contribution < 1.29 is 0 Å². The van der Waals surface area contributed by atoms with Gasteiger partial charge in [-0.3, -0.25) is 4.98 Å². The van der Waals surface area contributed by atoms with Crippen LogP contribution in [0.1, 0.15) is 23.1 Å². The first-order valence-corrected chi connectivity index (χ1v) is 15.0. The van der Waals surface area contributed by atoms with Gasteiger partial charge in [-0.05, 0) is 111 Å². The Balaban J connectivity index is 1.31. The van der Waals surface area contributed by atoms with Gasteiger partial charge in [0.2, 0.25) is 0 Å². The summed E-state index contributed by atoms with van der Waals surface area (Å²) in [6.07, 6.45) is 10.4. The average molecular weight is 551 g/mol. The van der Waals surface area contributed by atoms with Gasteiger partial charge in [-0.1, -0.05) is 97.1 Å². The van der Waals surface area contributed by atoms with Gasteiger partial charge in [0.05, 0.1) is 11.4 Å². The molecule has 1 aliphatic carbocycles. The molecule has 204 valence electrons. The maximum absolute atomic E-state index is 5.00. The Kier molecular flexibility index (Phi) is 6.19. The Bertz CT molecular complexity index is 2130. The van der Waals surface area contributed by atoms with E-state index in [2.05, 4.69) is 127 Å². The molecule has 0 bridgehead atoms. The van der Waals surface area contributed by atoms with E-state index in [1.165, 1.54) is 60.5 Å². The number of aryl methyl sites for hydroxylation is 2. The average Bonchev–Trinajstić information content (AvgIpc) is 3.07. The highest BCUT2D eigenvalue weighted by Gasteiger charge is 2.19. The zero-order chi connectivity index (χ0) is 28.8. The van der Waals surface area contributed by atoms with Gasteiger partial charge in [0.25, 0.3) is 0 Å². The molecule has 2 heterocycles. The molecule has 8 rings (SSSR count). The summed E-state index contributed by atoms with van der Waals surface area (Å²) < 4.78 is 0. The summed E-state index contributed by atoms with van der Waals surface area (Å²) in [5.41, 5.74) is 13.3. The fourth-order valence-electron chi connectivity index (χ4n) is 6.70. The second-order valence-corrected chi connectivity index (χ2v) is 11.4. The van der Waals surface area contributed by atoms with Crippen molar-refractivity contribution in [3.8, 4) is 44.8 Å². The molecule has 0 N–H and O–H groups in total. The third-order valence-electron chi connectivity index (χ3n) is 8.76. The molecule has 1 aliphatic rings. The standard InChI is InChI=1S/C41H30N2/c1-27-25-31(39-16-8-15-38(43-39)29-21-23-42-24-22-29)19-20-33(27)41-36-13-6-4-11-34(36)40(35-12-5-7-14-37(35)41)32-18-17-28-9-2-3-10-30(28)26-32/h2,4-9,11-26H,3,10H2,1H3. The molecule has 0 atom stereocenters. The zero-order valence-corrected chi connectivity index (χ0v) is 24.1. The summed E-state index contributed by atoms with van der Waals surface area (Å²) in [4.78, 5) is 9.15. The molecule has 0 amide bonds. The van der Waals surface area contributed by atoms with Crippen LogP contribution in [0.3, 0.4) is 0 Å². The molecule has 2 nitrogen and oxygen atoms in total. The van der Waals surface area contributed by atoms with E-state index in [4.69, 9.17) is 4.98 Å². The lowest BCUT2D eigenvalue weighted by Crippen LogP contribution is -1.96. The van der Waals surface area contributed by atoms with Gasteiger partial charge in [0.15, 0.2) is 0 Å². The molecule has 0 radical (unpaired) electrons. The van der Waals surface area contributed by atoms with Crippen LogP contribution in [0.4, 0.5) is 0 Å². The third kappa shape index (κ3) is 4.43. The molecular formula is C41H30N2. The Morgan fingerprint density at radius 3 is 1.91 bits per heavy atom. The van der Waals surface area contributed by atoms with E-state index in [1.807, 2.05) is 24.5 Å². The number of aromatic nitrogens is 2. The van der Waals surface area contributed by atoms with E-state index in [0.29, 0.717) is 0 Å². The van der Waals surface area contributed by atoms with E-state index in [1.54, 1.807) is 0 Å². The Hall–Kier alpha value is -5.34. The molecule has 0 spiro atoms. The van der Waals surface area contributed by atoms with Gasteiger partial charge >= 0.3 is 0 Å². The number of nitrogens with zero attached hydrogens (tertiary/aromatic N) is 2. The van der Waals surface area contributed by atoms with E-state index < -0.39 is 0 Å². The Morgan fingerprint density at radius 1 is 0.558 bits per heavy atom. The highest BCUT2D eigenvalue weighted by atomic mass is 14.7. The second-order valence-electron chi connectivity index (χ2n) is 11.4. The van der Waals surface area contributed by atoms with E-state index >= 15 is 0 Å². The van der Waals surface area contributed by atoms with Gasteiger partial charge in [-0.15, -0.1) is 0 Å². The summed E-state index contributed by atoms with van der Waals surface area (Å²) in [7, 11) is 0. The number of hydrogen-bond acceptors (Lipinski definition) is 2. The fourth-order valence-corrected chi connectivity index (χ4v) is 6.70. The molecule has 0 aliphatic heterocycles. The molecule has 0 saturated carbocycles. The third-order valence-corrected chi connectivity index (χ3v) is 8.76. The summed E-state index contributed by atoms with van der Waals surface area (Å²) >= 11 is 0. The molecule has 43 heavy (non-hydrogen) atoms. The summed E-state index contributed by atoms with van der Waals surface area (Å²) in [6, 6.07) is 41.8. The molecule has 7 aromatic rings. The lowest BCUT2D eigenvalue weighted by atomic mass is 9.83. The van der Waals surface area contributed by atoms with Crippen LogP contribution in [0.2, 0.25) is 0 Å². The Labute approximate surface area is 252 Å². The van der Waals surface area contributed by atoms with Crippen molar-refractivity contribution >= 4 is 27.6 Å². The number of pyridine rings is 2. The van der Waals surface area contributed by atoms with Crippen molar-refractivity contribution in [2.45, 2.75) is 19.8 Å². The van der Waals surface area contributed by atoms with Crippen LogP contribution < -0.4 is 0 Å². The van der Waals surface area contributed by atoms with Crippen LogP contribution in [0.5, 0.6) is 0 Å². The van der Waals surface area contributed by atoms with Gasteiger partial charge in [-0.25, -0.2) is 4.98 Å². The van der Waals surface area contributed by atoms with Gasteiger partial charge in [0.1, 0.15) is 0 Å². The van der Waals surface area contributed by atoms with Crippen LogP contribution in [0.15, 0.2) is 134 Å². The molecular weight excluding hydrogens is 520 g/mol. The minimum absolute atomic E-state index is 0.951. The first kappa shape index (κ1) is 25.4. The molecule has 0 unspecified atom stereocenters. The quantitative estimate of drug-likeness (QED) is 0.204. The lowest BCUT2D eigenvalue weighted by Gasteiger charge is -2.20. The van der Waals surface area contributed by atoms with E-state index in [-0.39, 0.29) is 0 Å². The van der Waals surface area contributed by atoms with Crippen molar-refractivity contribution in [2.24, 2.45) is 0 Å². The minimum Gasteiger partial charge on any atom is -0.265 e.